The molecule has 0 radical (unpaired) electrons. The van der Waals surface area contributed by atoms with Gasteiger partial charge in [-0.2, -0.15) is 0 Å². The molecule has 0 aliphatic heterocycles. The van der Waals surface area contributed by atoms with Crippen molar-refractivity contribution >= 4 is 11.7 Å². The molecule has 3 rings (SSSR count). The minimum absolute atomic E-state index is 0.0946. The van der Waals surface area contributed by atoms with Crippen LogP contribution in [0, 0.1) is 6.92 Å². The summed E-state index contributed by atoms with van der Waals surface area (Å²) in [6.45, 7) is 1.64. The van der Waals surface area contributed by atoms with Crippen LogP contribution >= 0.6 is 0 Å². The fraction of sp³-hybridized carbons (Fsp3) is 0.429. The number of carbonyl (C=O) groups excluding carboxylic acids is 1. The van der Waals surface area contributed by atoms with E-state index < -0.39 is 0 Å². The lowest BCUT2D eigenvalue weighted by Crippen LogP contribution is -2.28. The highest BCUT2D eigenvalue weighted by molar-refractivity contribution is 5.89. The van der Waals surface area contributed by atoms with E-state index in [-0.39, 0.29) is 18.0 Å². The summed E-state index contributed by atoms with van der Waals surface area (Å²) in [4.78, 5) is 28.1. The van der Waals surface area contributed by atoms with Crippen LogP contribution < -0.4 is 10.9 Å². The van der Waals surface area contributed by atoms with Crippen molar-refractivity contribution in [2.24, 2.45) is 0 Å². The topological polar surface area (TPSA) is 90.0 Å². The zero-order chi connectivity index (χ0) is 14.8. The van der Waals surface area contributed by atoms with Crippen LogP contribution in [-0.4, -0.2) is 20.6 Å². The summed E-state index contributed by atoms with van der Waals surface area (Å²) < 4.78 is 6.14. The number of carbonyl (C=O) groups is 1. The first-order valence-corrected chi connectivity index (χ1v) is 6.91. The molecule has 0 unspecified atom stereocenters. The molecule has 1 aliphatic rings. The van der Waals surface area contributed by atoms with Crippen molar-refractivity contribution in [2.45, 2.75) is 38.6 Å². The molecule has 2 aromatic heterocycles. The van der Waals surface area contributed by atoms with E-state index in [0.29, 0.717) is 17.5 Å². The first-order chi connectivity index (χ1) is 10.1. The normalized spacial score (nSPS) is 14.7. The minimum Gasteiger partial charge on any atom is -0.360 e. The number of hydrogen-bond acceptors (Lipinski definition) is 5. The van der Waals surface area contributed by atoms with Gasteiger partial charge in [0.15, 0.2) is 5.82 Å². The van der Waals surface area contributed by atoms with Gasteiger partial charge in [-0.3, -0.25) is 14.2 Å². The van der Waals surface area contributed by atoms with Crippen LogP contribution in [0.1, 0.15) is 36.6 Å². The van der Waals surface area contributed by atoms with E-state index in [9.17, 15) is 9.59 Å². The number of amides is 1. The first-order valence-electron chi connectivity index (χ1n) is 6.91. The maximum Gasteiger partial charge on any atom is 0.254 e. The second kappa shape index (κ2) is 5.51. The van der Waals surface area contributed by atoms with Gasteiger partial charge in [-0.25, -0.2) is 4.98 Å². The number of nitrogens with one attached hydrogen (secondary N) is 1. The fourth-order valence-corrected chi connectivity index (χ4v) is 2.25. The Morgan fingerprint density at radius 3 is 2.86 bits per heavy atom. The zero-order valence-corrected chi connectivity index (χ0v) is 11.7. The molecule has 2 heterocycles. The molecule has 21 heavy (non-hydrogen) atoms. The summed E-state index contributed by atoms with van der Waals surface area (Å²) in [5.41, 5.74) is 0.619. The second-order valence-corrected chi connectivity index (χ2v) is 5.28. The Morgan fingerprint density at radius 2 is 2.29 bits per heavy atom. The van der Waals surface area contributed by atoms with E-state index in [4.69, 9.17) is 4.52 Å². The van der Waals surface area contributed by atoms with Crippen molar-refractivity contribution < 1.29 is 9.32 Å². The maximum atomic E-state index is 12.0. The third-order valence-electron chi connectivity index (χ3n) is 3.63. The third-order valence-corrected chi connectivity index (χ3v) is 3.63. The van der Waals surface area contributed by atoms with Crippen molar-refractivity contribution in [2.75, 3.05) is 5.32 Å². The Kier molecular flexibility index (Phi) is 3.55. The molecule has 0 bridgehead atoms. The number of nitrogens with zero attached hydrogens (tertiary/aromatic N) is 3. The van der Waals surface area contributed by atoms with Gasteiger partial charge in [0.25, 0.3) is 5.56 Å². The molecule has 1 amide bonds. The highest BCUT2D eigenvalue weighted by atomic mass is 16.5. The number of anilines is 1. The van der Waals surface area contributed by atoms with Gasteiger partial charge in [0.05, 0.1) is 12.0 Å². The van der Waals surface area contributed by atoms with Crippen LogP contribution in [0.5, 0.6) is 0 Å². The molecule has 110 valence electrons. The van der Waals surface area contributed by atoms with E-state index in [1.807, 2.05) is 0 Å². The van der Waals surface area contributed by atoms with Crippen molar-refractivity contribution in [1.82, 2.24) is 14.7 Å². The highest BCUT2D eigenvalue weighted by Gasteiger charge is 2.21. The summed E-state index contributed by atoms with van der Waals surface area (Å²) in [6.07, 6.45) is 4.80. The molecule has 1 N–H and O–H groups in total. The van der Waals surface area contributed by atoms with Gasteiger partial charge >= 0.3 is 0 Å². The smallest absolute Gasteiger partial charge is 0.254 e. The number of hydrogen-bond donors (Lipinski definition) is 1. The molecule has 1 aliphatic carbocycles. The first kappa shape index (κ1) is 13.5. The summed E-state index contributed by atoms with van der Waals surface area (Å²) in [5, 5.41) is 6.23. The fourth-order valence-electron chi connectivity index (χ4n) is 2.25. The molecule has 0 saturated heterocycles. The van der Waals surface area contributed by atoms with Gasteiger partial charge in [0.2, 0.25) is 5.91 Å². The van der Waals surface area contributed by atoms with E-state index in [0.717, 1.165) is 18.5 Å². The van der Waals surface area contributed by atoms with Crippen LogP contribution in [-0.2, 0) is 11.3 Å². The number of aromatic nitrogens is 3. The molecular formula is C14H16N4O3. The Morgan fingerprint density at radius 1 is 1.48 bits per heavy atom. The lowest BCUT2D eigenvalue weighted by atomic mass is 9.83. The van der Waals surface area contributed by atoms with Crippen LogP contribution in [0.25, 0.3) is 0 Å². The van der Waals surface area contributed by atoms with Crippen LogP contribution in [0.2, 0.25) is 0 Å². The van der Waals surface area contributed by atoms with Gasteiger partial charge in [-0.05, 0) is 19.8 Å². The zero-order valence-electron chi connectivity index (χ0n) is 11.7. The molecule has 7 heteroatoms. The van der Waals surface area contributed by atoms with Crippen molar-refractivity contribution in [3.63, 3.8) is 0 Å². The number of rotatable bonds is 4. The summed E-state index contributed by atoms with van der Waals surface area (Å²) in [7, 11) is 0. The Hall–Kier alpha value is -2.44. The summed E-state index contributed by atoms with van der Waals surface area (Å²) >= 11 is 0. The maximum absolute atomic E-state index is 12.0. The van der Waals surface area contributed by atoms with E-state index in [1.165, 1.54) is 23.4 Å². The van der Waals surface area contributed by atoms with E-state index in [1.54, 1.807) is 13.0 Å². The van der Waals surface area contributed by atoms with E-state index in [2.05, 4.69) is 15.5 Å². The van der Waals surface area contributed by atoms with Crippen LogP contribution in [0.15, 0.2) is 27.8 Å². The monoisotopic (exact) mass is 288 g/mol. The Balaban J connectivity index is 1.66. The Labute approximate surface area is 121 Å². The summed E-state index contributed by atoms with van der Waals surface area (Å²) in [5.74, 6) is 1.00. The van der Waals surface area contributed by atoms with E-state index >= 15 is 0 Å². The van der Waals surface area contributed by atoms with Gasteiger partial charge in [0, 0.05) is 18.1 Å². The van der Waals surface area contributed by atoms with Gasteiger partial charge in [-0.1, -0.05) is 11.6 Å². The lowest BCUT2D eigenvalue weighted by molar-refractivity contribution is -0.116. The largest absolute Gasteiger partial charge is 0.360 e. The highest BCUT2D eigenvalue weighted by Crippen LogP contribution is 2.34. The lowest BCUT2D eigenvalue weighted by Gasteiger charge is -2.24. The molecule has 0 aromatic carbocycles. The molecule has 1 fully saturated rings. The van der Waals surface area contributed by atoms with Gasteiger partial charge in [-0.15, -0.1) is 0 Å². The predicted octanol–water partition coefficient (Wildman–Crippen LogP) is 1.45. The molecular weight excluding hydrogens is 272 g/mol. The molecule has 0 spiro atoms. The summed E-state index contributed by atoms with van der Waals surface area (Å²) in [6, 6.07) is 3.13. The van der Waals surface area contributed by atoms with Gasteiger partial charge < -0.3 is 9.84 Å². The van der Waals surface area contributed by atoms with Gasteiger partial charge in [0.1, 0.15) is 12.3 Å². The molecule has 2 aromatic rings. The van der Waals surface area contributed by atoms with Crippen LogP contribution in [0.4, 0.5) is 5.82 Å². The quantitative estimate of drug-likeness (QED) is 0.919. The number of aryl methyl sites for hydroxylation is 1. The van der Waals surface area contributed by atoms with Crippen molar-refractivity contribution in [3.05, 3.63) is 40.3 Å². The molecule has 0 atom stereocenters. The minimum atomic E-state index is -0.344. The second-order valence-electron chi connectivity index (χ2n) is 5.28. The van der Waals surface area contributed by atoms with Crippen molar-refractivity contribution in [1.29, 1.82) is 0 Å². The standard InChI is InChI=1S/C14H16N4O3/c1-9-5-12(17-21-9)16-13(19)7-18-8-15-11(6-14(18)20)10-3-2-4-10/h5-6,8,10H,2-4,7H2,1H3,(H,16,17,19). The third kappa shape index (κ3) is 3.01. The average Bonchev–Trinajstić information content (AvgIpc) is 2.76. The van der Waals surface area contributed by atoms with Crippen LogP contribution in [0.3, 0.4) is 0 Å². The average molecular weight is 288 g/mol. The molecule has 7 nitrogen and oxygen atoms in total. The molecule has 1 saturated carbocycles. The van der Waals surface area contributed by atoms with Crippen molar-refractivity contribution in [3.8, 4) is 0 Å². The predicted molar refractivity (Wildman–Crippen MR) is 75.0 cm³/mol. The Bertz CT molecular complexity index is 715. The SMILES string of the molecule is Cc1cc(NC(=O)Cn2cnc(C3CCC3)cc2=O)no1.